The first-order valence-electron chi connectivity index (χ1n) is 6.03. The molecule has 2 rings (SSSR count). The quantitative estimate of drug-likeness (QED) is 0.855. The summed E-state index contributed by atoms with van der Waals surface area (Å²) in [6.07, 6.45) is 0.778. The smallest absolute Gasteiger partial charge is 0.223 e. The van der Waals surface area contributed by atoms with E-state index < -0.39 is 11.9 Å². The molecule has 1 fully saturated rings. The molecule has 102 valence electrons. The summed E-state index contributed by atoms with van der Waals surface area (Å²) in [4.78, 5) is 25.5. The van der Waals surface area contributed by atoms with E-state index in [1.165, 1.54) is 17.0 Å². The number of Topliss-reactive ketones (excluding diaryl/α,β-unsaturated/α-hetero) is 1. The van der Waals surface area contributed by atoms with Gasteiger partial charge in [-0.05, 0) is 24.6 Å². The van der Waals surface area contributed by atoms with Gasteiger partial charge in [-0.15, -0.1) is 0 Å². The number of ketones is 1. The van der Waals surface area contributed by atoms with Crippen molar-refractivity contribution in [2.45, 2.75) is 18.9 Å². The van der Waals surface area contributed by atoms with Gasteiger partial charge in [0.15, 0.2) is 5.78 Å². The summed E-state index contributed by atoms with van der Waals surface area (Å²) in [7, 11) is 0. The number of carbonyl (C=O) groups excluding carboxylic acids is 2. The third kappa shape index (κ3) is 2.77. The fourth-order valence-corrected chi connectivity index (χ4v) is 2.55. The van der Waals surface area contributed by atoms with Crippen LogP contribution >= 0.6 is 11.6 Å². The van der Waals surface area contributed by atoms with E-state index in [1.807, 2.05) is 0 Å². The fourth-order valence-electron chi connectivity index (χ4n) is 2.29. The van der Waals surface area contributed by atoms with Crippen molar-refractivity contribution in [3.8, 4) is 0 Å². The summed E-state index contributed by atoms with van der Waals surface area (Å²) in [5, 5.41) is 0.0667. The Morgan fingerprint density at radius 3 is 2.89 bits per heavy atom. The monoisotopic (exact) mass is 284 g/mol. The van der Waals surface area contributed by atoms with Gasteiger partial charge in [-0.1, -0.05) is 11.6 Å². The number of amides is 1. The molecule has 6 heteroatoms. The van der Waals surface area contributed by atoms with Crippen LogP contribution in [-0.4, -0.2) is 35.7 Å². The number of nitrogens with two attached hydrogens (primary N) is 1. The molecule has 0 unspecified atom stereocenters. The van der Waals surface area contributed by atoms with Crippen LogP contribution in [-0.2, 0) is 4.79 Å². The van der Waals surface area contributed by atoms with Crippen molar-refractivity contribution in [1.82, 2.24) is 4.90 Å². The molecule has 1 aliphatic heterocycles. The number of halogens is 2. The predicted molar refractivity (Wildman–Crippen MR) is 69.5 cm³/mol. The standard InChI is InChI=1S/C13H14ClFN2O2/c14-10-7-8(15)1-2-9(10)13(19)11-3-4-12(18)17(11)6-5-16/h1-2,7,11H,3-6,16H2/t11-/m0/s1. The van der Waals surface area contributed by atoms with Gasteiger partial charge in [0, 0.05) is 25.1 Å². The first-order valence-corrected chi connectivity index (χ1v) is 6.41. The van der Waals surface area contributed by atoms with Crippen molar-refractivity contribution in [3.05, 3.63) is 34.6 Å². The minimum absolute atomic E-state index is 0.0667. The zero-order chi connectivity index (χ0) is 14.0. The molecule has 1 saturated heterocycles. The second kappa shape index (κ2) is 5.67. The van der Waals surface area contributed by atoms with Gasteiger partial charge in [0.25, 0.3) is 0 Å². The van der Waals surface area contributed by atoms with Crippen molar-refractivity contribution in [2.75, 3.05) is 13.1 Å². The third-order valence-corrected chi connectivity index (χ3v) is 3.51. The van der Waals surface area contributed by atoms with E-state index in [2.05, 4.69) is 0 Å². The minimum Gasteiger partial charge on any atom is -0.331 e. The van der Waals surface area contributed by atoms with Gasteiger partial charge in [-0.25, -0.2) is 4.39 Å². The van der Waals surface area contributed by atoms with Gasteiger partial charge in [-0.3, -0.25) is 9.59 Å². The Bertz CT molecular complexity index is 521. The Morgan fingerprint density at radius 1 is 1.53 bits per heavy atom. The van der Waals surface area contributed by atoms with Gasteiger partial charge in [0.2, 0.25) is 5.91 Å². The van der Waals surface area contributed by atoms with Crippen molar-refractivity contribution < 1.29 is 14.0 Å². The SMILES string of the molecule is NCCN1C(=O)CC[C@H]1C(=O)c1ccc(F)cc1Cl. The largest absolute Gasteiger partial charge is 0.331 e. The molecule has 0 bridgehead atoms. The van der Waals surface area contributed by atoms with E-state index in [0.717, 1.165) is 6.07 Å². The molecular formula is C13H14ClFN2O2. The Kier molecular flexibility index (Phi) is 4.17. The lowest BCUT2D eigenvalue weighted by molar-refractivity contribution is -0.128. The summed E-state index contributed by atoms with van der Waals surface area (Å²) >= 11 is 5.88. The average Bonchev–Trinajstić information content (AvgIpc) is 2.71. The van der Waals surface area contributed by atoms with Gasteiger partial charge in [0.05, 0.1) is 11.1 Å². The molecule has 0 aliphatic carbocycles. The second-order valence-corrected chi connectivity index (χ2v) is 4.83. The number of likely N-dealkylation sites (tertiary alicyclic amines) is 1. The summed E-state index contributed by atoms with van der Waals surface area (Å²) in [6.45, 7) is 0.640. The van der Waals surface area contributed by atoms with Crippen molar-refractivity contribution in [2.24, 2.45) is 5.73 Å². The summed E-state index contributed by atoms with van der Waals surface area (Å²) < 4.78 is 13.0. The summed E-state index contributed by atoms with van der Waals surface area (Å²) in [5.41, 5.74) is 5.68. The molecule has 0 radical (unpaired) electrons. The van der Waals surface area contributed by atoms with Crippen LogP contribution in [0.5, 0.6) is 0 Å². The molecule has 1 amide bonds. The Labute approximate surface area is 115 Å². The first-order chi connectivity index (χ1) is 9.04. The minimum atomic E-state index is -0.543. The van der Waals surface area contributed by atoms with Crippen LogP contribution in [0.15, 0.2) is 18.2 Å². The van der Waals surface area contributed by atoms with Gasteiger partial charge in [0.1, 0.15) is 5.82 Å². The molecular weight excluding hydrogens is 271 g/mol. The average molecular weight is 285 g/mol. The highest BCUT2D eigenvalue weighted by Gasteiger charge is 2.36. The van der Waals surface area contributed by atoms with Crippen LogP contribution in [0, 0.1) is 5.82 Å². The molecule has 2 N–H and O–H groups in total. The Hall–Kier alpha value is -1.46. The maximum absolute atomic E-state index is 13.0. The summed E-state index contributed by atoms with van der Waals surface area (Å²) in [6, 6.07) is 3.09. The molecule has 1 aromatic carbocycles. The topological polar surface area (TPSA) is 63.4 Å². The van der Waals surface area contributed by atoms with Crippen molar-refractivity contribution in [1.29, 1.82) is 0 Å². The molecule has 1 atom stereocenters. The van der Waals surface area contributed by atoms with Crippen LogP contribution in [0.3, 0.4) is 0 Å². The van der Waals surface area contributed by atoms with Crippen LogP contribution < -0.4 is 5.73 Å². The van der Waals surface area contributed by atoms with E-state index in [1.54, 1.807) is 0 Å². The molecule has 0 aromatic heterocycles. The first kappa shape index (κ1) is 14.0. The third-order valence-electron chi connectivity index (χ3n) is 3.20. The number of nitrogens with zero attached hydrogens (tertiary/aromatic N) is 1. The predicted octanol–water partition coefficient (Wildman–Crippen LogP) is 1.61. The number of hydrogen-bond acceptors (Lipinski definition) is 3. The Balaban J connectivity index is 2.25. The van der Waals surface area contributed by atoms with Gasteiger partial charge in [-0.2, -0.15) is 0 Å². The van der Waals surface area contributed by atoms with E-state index in [-0.39, 0.29) is 22.3 Å². The van der Waals surface area contributed by atoms with E-state index >= 15 is 0 Å². The van der Waals surface area contributed by atoms with E-state index in [0.29, 0.717) is 25.9 Å². The second-order valence-electron chi connectivity index (χ2n) is 4.42. The molecule has 19 heavy (non-hydrogen) atoms. The van der Waals surface area contributed by atoms with Crippen molar-refractivity contribution >= 4 is 23.3 Å². The molecule has 1 aliphatic rings. The summed E-state index contributed by atoms with van der Waals surface area (Å²) in [5.74, 6) is -0.839. The maximum atomic E-state index is 13.0. The van der Waals surface area contributed by atoms with Crippen LogP contribution in [0.1, 0.15) is 23.2 Å². The Morgan fingerprint density at radius 2 is 2.26 bits per heavy atom. The maximum Gasteiger partial charge on any atom is 0.223 e. The van der Waals surface area contributed by atoms with Crippen LogP contribution in [0.25, 0.3) is 0 Å². The lowest BCUT2D eigenvalue weighted by atomic mass is 10.0. The molecule has 4 nitrogen and oxygen atoms in total. The molecule has 0 spiro atoms. The number of carbonyl (C=O) groups is 2. The fraction of sp³-hybridized carbons (Fsp3) is 0.385. The lowest BCUT2D eigenvalue weighted by Crippen LogP contribution is -2.41. The van der Waals surface area contributed by atoms with Crippen molar-refractivity contribution in [3.63, 3.8) is 0 Å². The highest BCUT2D eigenvalue weighted by atomic mass is 35.5. The number of hydrogen-bond donors (Lipinski definition) is 1. The molecule has 1 aromatic rings. The van der Waals surface area contributed by atoms with Gasteiger partial charge < -0.3 is 10.6 Å². The highest BCUT2D eigenvalue weighted by molar-refractivity contribution is 6.34. The van der Waals surface area contributed by atoms with E-state index in [4.69, 9.17) is 17.3 Å². The number of rotatable bonds is 4. The molecule has 1 heterocycles. The number of benzene rings is 1. The van der Waals surface area contributed by atoms with E-state index in [9.17, 15) is 14.0 Å². The zero-order valence-electron chi connectivity index (χ0n) is 10.2. The van der Waals surface area contributed by atoms with Crippen LogP contribution in [0.2, 0.25) is 5.02 Å². The normalized spacial score (nSPS) is 19.0. The molecule has 0 saturated carbocycles. The van der Waals surface area contributed by atoms with Gasteiger partial charge >= 0.3 is 0 Å². The van der Waals surface area contributed by atoms with Crippen LogP contribution in [0.4, 0.5) is 4.39 Å². The highest BCUT2D eigenvalue weighted by Crippen LogP contribution is 2.26. The zero-order valence-corrected chi connectivity index (χ0v) is 11.0. The lowest BCUT2D eigenvalue weighted by Gasteiger charge is -2.23.